The van der Waals surface area contributed by atoms with E-state index in [-0.39, 0.29) is 45.1 Å². The van der Waals surface area contributed by atoms with Crippen LogP contribution in [-0.2, 0) is 19.1 Å². The predicted molar refractivity (Wildman–Crippen MR) is 147 cm³/mol. The molecule has 5 aliphatic rings. The van der Waals surface area contributed by atoms with Crippen LogP contribution in [0.5, 0.6) is 0 Å². The minimum atomic E-state index is -0.279. The molecule has 0 aromatic heterocycles. The highest BCUT2D eigenvalue weighted by molar-refractivity contribution is 5.77. The smallest absolute Gasteiger partial charge is 0.312 e. The maximum atomic E-state index is 13.5. The highest BCUT2D eigenvalue weighted by Crippen LogP contribution is 2.77. The van der Waals surface area contributed by atoms with E-state index in [0.29, 0.717) is 35.5 Å². The van der Waals surface area contributed by atoms with E-state index in [1.807, 2.05) is 0 Å². The minimum Gasteiger partial charge on any atom is -0.469 e. The Morgan fingerprint density at radius 1 is 0.757 bits per heavy atom. The number of carbonyl (C=O) groups is 2. The molecule has 0 amide bonds. The molecular weight excluding hydrogens is 460 g/mol. The molecule has 0 aromatic rings. The lowest BCUT2D eigenvalue weighted by atomic mass is 9.31. The van der Waals surface area contributed by atoms with E-state index in [1.165, 1.54) is 25.7 Å². The Hall–Kier alpha value is -1.06. The fourth-order valence-corrected chi connectivity index (χ4v) is 12.2. The van der Waals surface area contributed by atoms with Gasteiger partial charge in [-0.05, 0) is 116 Å². The van der Waals surface area contributed by atoms with Crippen molar-refractivity contribution in [3.05, 3.63) is 0 Å². The van der Waals surface area contributed by atoms with Gasteiger partial charge in [0.05, 0.1) is 12.5 Å². The molecule has 5 saturated carbocycles. The standard InChI is InChI=1S/C33H54O4/c1-20-12-17-33(28(35)36-9)19-18-31(7)23(27(33)21(20)2)10-11-25-30(6)15-14-26(37-22(3)34)29(4,5)24(30)13-16-32(25,31)8/h20-21,23-27H,10-19H2,1-9H3/t20-,21?,23?,24+,25-,26?,27?,30+,31-,32-,33?/m1/s1. The van der Waals surface area contributed by atoms with E-state index in [9.17, 15) is 9.59 Å². The van der Waals surface area contributed by atoms with Crippen molar-refractivity contribution in [3.8, 4) is 0 Å². The van der Waals surface area contributed by atoms with Crippen LogP contribution in [0, 0.1) is 62.6 Å². The molecule has 0 N–H and O–H groups in total. The maximum Gasteiger partial charge on any atom is 0.312 e. The number of ether oxygens (including phenoxy) is 2. The van der Waals surface area contributed by atoms with Crippen LogP contribution in [-0.4, -0.2) is 25.2 Å². The van der Waals surface area contributed by atoms with Gasteiger partial charge in [0.1, 0.15) is 6.10 Å². The van der Waals surface area contributed by atoms with E-state index in [2.05, 4.69) is 48.5 Å². The van der Waals surface area contributed by atoms with Crippen molar-refractivity contribution in [2.75, 3.05) is 7.11 Å². The molecule has 210 valence electrons. The second kappa shape index (κ2) is 8.72. The average Bonchev–Trinajstić information content (AvgIpc) is 2.83. The molecule has 0 aliphatic heterocycles. The zero-order valence-electron chi connectivity index (χ0n) is 25.2. The molecule has 5 unspecified atom stereocenters. The summed E-state index contributed by atoms with van der Waals surface area (Å²) in [6, 6.07) is 0. The summed E-state index contributed by atoms with van der Waals surface area (Å²) in [5, 5.41) is 0. The van der Waals surface area contributed by atoms with E-state index < -0.39 is 0 Å². The van der Waals surface area contributed by atoms with Gasteiger partial charge in [-0.15, -0.1) is 0 Å². The highest BCUT2D eigenvalue weighted by Gasteiger charge is 2.71. The fourth-order valence-electron chi connectivity index (χ4n) is 12.2. The summed E-state index contributed by atoms with van der Waals surface area (Å²) < 4.78 is 11.5. The van der Waals surface area contributed by atoms with Crippen LogP contribution >= 0.6 is 0 Å². The Morgan fingerprint density at radius 2 is 1.46 bits per heavy atom. The predicted octanol–water partition coefficient (Wildman–Crippen LogP) is 7.83. The van der Waals surface area contributed by atoms with Gasteiger partial charge in [-0.1, -0.05) is 48.5 Å². The Labute approximate surface area is 226 Å². The minimum absolute atomic E-state index is 0.00231. The lowest BCUT2D eigenvalue weighted by molar-refractivity contribution is -0.260. The number of methoxy groups -OCH3 is 1. The number of rotatable bonds is 2. The van der Waals surface area contributed by atoms with Crippen LogP contribution in [0.2, 0.25) is 0 Å². The topological polar surface area (TPSA) is 52.6 Å². The van der Waals surface area contributed by atoms with Crippen LogP contribution in [0.3, 0.4) is 0 Å². The van der Waals surface area contributed by atoms with Crippen molar-refractivity contribution in [2.45, 2.75) is 126 Å². The summed E-state index contributed by atoms with van der Waals surface area (Å²) in [5.41, 5.74) is 0.503. The zero-order valence-corrected chi connectivity index (χ0v) is 25.2. The van der Waals surface area contributed by atoms with E-state index in [0.717, 1.165) is 38.5 Å². The molecule has 0 radical (unpaired) electrons. The SMILES string of the molecule is COC(=O)C12CC[C@@H](C)C(C)C1C1CC[C@@H]3[C@@]4(C)CCC(OC(C)=O)C(C)(C)[C@@H]4CC[C@@]3(C)[C@]1(C)CC2. The van der Waals surface area contributed by atoms with E-state index in [4.69, 9.17) is 9.47 Å². The zero-order chi connectivity index (χ0) is 27.2. The Kier molecular flexibility index (Phi) is 6.48. The maximum absolute atomic E-state index is 13.5. The fraction of sp³-hybridized carbons (Fsp3) is 0.939. The van der Waals surface area contributed by atoms with Crippen molar-refractivity contribution < 1.29 is 19.1 Å². The van der Waals surface area contributed by atoms with E-state index >= 15 is 0 Å². The number of fused-ring (bicyclic) bond motifs is 7. The molecule has 37 heavy (non-hydrogen) atoms. The van der Waals surface area contributed by atoms with Crippen molar-refractivity contribution in [1.82, 2.24) is 0 Å². The van der Waals surface area contributed by atoms with Gasteiger partial charge in [-0.2, -0.15) is 0 Å². The summed E-state index contributed by atoms with van der Waals surface area (Å²) in [6.07, 6.45) is 11.5. The summed E-state index contributed by atoms with van der Waals surface area (Å²) in [4.78, 5) is 25.4. The molecule has 4 nitrogen and oxygen atoms in total. The third kappa shape index (κ3) is 3.51. The number of esters is 2. The quantitative estimate of drug-likeness (QED) is 0.352. The lowest BCUT2D eigenvalue weighted by Gasteiger charge is -2.73. The average molecular weight is 515 g/mol. The third-order valence-electron chi connectivity index (χ3n) is 14.4. The molecule has 0 heterocycles. The van der Waals surface area contributed by atoms with Crippen molar-refractivity contribution in [1.29, 1.82) is 0 Å². The van der Waals surface area contributed by atoms with Crippen molar-refractivity contribution >= 4 is 11.9 Å². The normalized spacial score (nSPS) is 52.5. The van der Waals surface area contributed by atoms with Gasteiger partial charge in [0.2, 0.25) is 0 Å². The Morgan fingerprint density at radius 3 is 2.11 bits per heavy atom. The van der Waals surface area contributed by atoms with Crippen molar-refractivity contribution in [3.63, 3.8) is 0 Å². The first-order valence-electron chi connectivity index (χ1n) is 15.4. The first kappa shape index (κ1) is 27.5. The van der Waals surface area contributed by atoms with Crippen LogP contribution in [0.1, 0.15) is 120 Å². The van der Waals surface area contributed by atoms with Gasteiger partial charge in [0.15, 0.2) is 0 Å². The number of hydrogen-bond acceptors (Lipinski definition) is 4. The summed E-state index contributed by atoms with van der Waals surface area (Å²) in [7, 11) is 1.61. The van der Waals surface area contributed by atoms with Crippen LogP contribution in [0.15, 0.2) is 0 Å². The first-order valence-corrected chi connectivity index (χ1v) is 15.4. The number of hydrogen-bond donors (Lipinski definition) is 0. The van der Waals surface area contributed by atoms with Crippen molar-refractivity contribution in [2.24, 2.45) is 62.6 Å². The highest BCUT2D eigenvalue weighted by atomic mass is 16.5. The second-order valence-corrected chi connectivity index (χ2v) is 15.7. The summed E-state index contributed by atoms with van der Waals surface area (Å²) in [6.45, 7) is 19.1. The van der Waals surface area contributed by atoms with E-state index in [1.54, 1.807) is 14.0 Å². The molecule has 0 saturated heterocycles. The largest absolute Gasteiger partial charge is 0.469 e. The molecule has 5 aliphatic carbocycles. The van der Waals surface area contributed by atoms with Crippen LogP contribution in [0.25, 0.3) is 0 Å². The molecule has 5 fully saturated rings. The molecule has 0 bridgehead atoms. The summed E-state index contributed by atoms with van der Waals surface area (Å²) >= 11 is 0. The second-order valence-electron chi connectivity index (χ2n) is 15.7. The van der Waals surface area contributed by atoms with Gasteiger partial charge in [0, 0.05) is 12.3 Å². The van der Waals surface area contributed by atoms with Crippen LogP contribution < -0.4 is 0 Å². The van der Waals surface area contributed by atoms with Gasteiger partial charge in [0.25, 0.3) is 0 Å². The first-order chi connectivity index (χ1) is 17.2. The lowest BCUT2D eigenvalue weighted by Crippen LogP contribution is -2.68. The Bertz CT molecular complexity index is 941. The number of carbonyl (C=O) groups excluding carboxylic acids is 2. The molecule has 5 rings (SSSR count). The molecule has 4 heteroatoms. The van der Waals surface area contributed by atoms with Gasteiger partial charge < -0.3 is 9.47 Å². The molecule has 0 spiro atoms. The molecular formula is C33H54O4. The molecule has 0 aromatic carbocycles. The monoisotopic (exact) mass is 514 g/mol. The molecule has 11 atom stereocenters. The van der Waals surface area contributed by atoms with Gasteiger partial charge in [-0.3, -0.25) is 9.59 Å². The Balaban J connectivity index is 1.52. The summed E-state index contributed by atoms with van der Waals surface area (Å²) in [5.74, 6) is 3.44. The van der Waals surface area contributed by atoms with Gasteiger partial charge >= 0.3 is 11.9 Å². The van der Waals surface area contributed by atoms with Gasteiger partial charge in [-0.25, -0.2) is 0 Å². The third-order valence-corrected chi connectivity index (χ3v) is 14.4. The van der Waals surface area contributed by atoms with Crippen LogP contribution in [0.4, 0.5) is 0 Å².